The zero-order valence-electron chi connectivity index (χ0n) is 12.3. The van der Waals surface area contributed by atoms with Crippen molar-refractivity contribution in [3.8, 4) is 5.75 Å². The summed E-state index contributed by atoms with van der Waals surface area (Å²) < 4.78 is 11.3. The van der Waals surface area contributed by atoms with Gasteiger partial charge < -0.3 is 19.1 Å². The van der Waals surface area contributed by atoms with Gasteiger partial charge in [-0.05, 0) is 27.7 Å². The van der Waals surface area contributed by atoms with Crippen molar-refractivity contribution in [1.82, 2.24) is 4.57 Å². The van der Waals surface area contributed by atoms with E-state index in [1.807, 2.05) is 0 Å². The second-order valence-electron chi connectivity index (χ2n) is 5.20. The number of hydrogen-bond donors (Lipinski definition) is 2. The number of hydrogen-bond acceptors (Lipinski definition) is 5. The Morgan fingerprint density at radius 1 is 1.40 bits per heavy atom. The lowest BCUT2D eigenvalue weighted by atomic mass is 10.2. The number of aromatic hydroxyl groups is 1. The molecular weight excluding hydrogens is 264 g/mol. The van der Waals surface area contributed by atoms with E-state index >= 15 is 0 Å². The van der Waals surface area contributed by atoms with Crippen LogP contribution < -0.4 is 5.32 Å². The first-order chi connectivity index (χ1) is 9.15. The van der Waals surface area contributed by atoms with Crippen LogP contribution in [0.15, 0.2) is 6.20 Å². The number of carbonyl (C=O) groups excluding carboxylic acids is 2. The third-order valence-electron chi connectivity index (χ3n) is 2.26. The molecule has 0 radical (unpaired) electrons. The number of ether oxygens (including phenoxy) is 2. The smallest absolute Gasteiger partial charge is 0.412 e. The van der Waals surface area contributed by atoms with Crippen LogP contribution in [-0.4, -0.2) is 33.9 Å². The van der Waals surface area contributed by atoms with Crippen LogP contribution >= 0.6 is 0 Å². The molecule has 1 rings (SSSR count). The van der Waals surface area contributed by atoms with Crippen molar-refractivity contribution in [2.24, 2.45) is 7.05 Å². The molecule has 0 spiro atoms. The Balaban J connectivity index is 2.91. The molecule has 7 heteroatoms. The first kappa shape index (κ1) is 15.9. The molecule has 0 fully saturated rings. The highest BCUT2D eigenvalue weighted by Crippen LogP contribution is 2.30. The van der Waals surface area contributed by atoms with E-state index in [4.69, 9.17) is 9.47 Å². The first-order valence-electron chi connectivity index (χ1n) is 6.21. The normalized spacial score (nSPS) is 11.1. The van der Waals surface area contributed by atoms with Crippen LogP contribution in [0.1, 0.15) is 38.2 Å². The molecular formula is C13H20N2O5. The van der Waals surface area contributed by atoms with E-state index in [-0.39, 0.29) is 23.7 Å². The maximum atomic E-state index is 11.7. The van der Waals surface area contributed by atoms with E-state index in [0.29, 0.717) is 0 Å². The van der Waals surface area contributed by atoms with Crippen molar-refractivity contribution in [1.29, 1.82) is 0 Å². The highest BCUT2D eigenvalue weighted by atomic mass is 16.6. The highest BCUT2D eigenvalue weighted by molar-refractivity contribution is 5.96. The first-order valence-corrected chi connectivity index (χ1v) is 6.21. The minimum absolute atomic E-state index is 0.0297. The van der Waals surface area contributed by atoms with Crippen LogP contribution in [0.5, 0.6) is 5.75 Å². The summed E-state index contributed by atoms with van der Waals surface area (Å²) in [5.74, 6) is -1.01. The predicted molar refractivity (Wildman–Crippen MR) is 72.9 cm³/mol. The van der Waals surface area contributed by atoms with Crippen molar-refractivity contribution in [3.05, 3.63) is 11.9 Å². The third kappa shape index (κ3) is 3.91. The number of anilines is 1. The molecule has 0 saturated heterocycles. The maximum absolute atomic E-state index is 11.7. The zero-order valence-corrected chi connectivity index (χ0v) is 12.3. The van der Waals surface area contributed by atoms with Gasteiger partial charge >= 0.3 is 12.1 Å². The van der Waals surface area contributed by atoms with Crippen LogP contribution in [0.2, 0.25) is 0 Å². The largest absolute Gasteiger partial charge is 0.504 e. The SMILES string of the molecule is CCOC(=O)c1c(O)c(NC(=O)OC(C)(C)C)cn1C. The molecule has 2 N–H and O–H groups in total. The van der Waals surface area contributed by atoms with Gasteiger partial charge in [0.15, 0.2) is 11.4 Å². The second kappa shape index (κ2) is 5.85. The third-order valence-corrected chi connectivity index (χ3v) is 2.26. The molecule has 7 nitrogen and oxygen atoms in total. The van der Waals surface area contributed by atoms with Gasteiger partial charge in [0.25, 0.3) is 0 Å². The molecule has 1 aromatic heterocycles. The number of amides is 1. The molecule has 0 aliphatic rings. The van der Waals surface area contributed by atoms with Gasteiger partial charge in [0.2, 0.25) is 0 Å². The average molecular weight is 284 g/mol. The van der Waals surface area contributed by atoms with Gasteiger partial charge in [-0.3, -0.25) is 5.32 Å². The van der Waals surface area contributed by atoms with Crippen molar-refractivity contribution in [3.63, 3.8) is 0 Å². The second-order valence-corrected chi connectivity index (χ2v) is 5.20. The summed E-state index contributed by atoms with van der Waals surface area (Å²) in [4.78, 5) is 23.3. The monoisotopic (exact) mass is 284 g/mol. The number of rotatable bonds is 3. The van der Waals surface area contributed by atoms with Gasteiger partial charge in [-0.2, -0.15) is 0 Å². The molecule has 1 heterocycles. The zero-order chi connectivity index (χ0) is 15.5. The minimum Gasteiger partial charge on any atom is -0.504 e. The molecule has 0 aliphatic heterocycles. The molecule has 1 amide bonds. The van der Waals surface area contributed by atoms with Crippen molar-refractivity contribution < 1.29 is 24.2 Å². The van der Waals surface area contributed by atoms with E-state index in [2.05, 4.69) is 5.32 Å². The number of aromatic nitrogens is 1. The molecule has 112 valence electrons. The Hall–Kier alpha value is -2.18. The van der Waals surface area contributed by atoms with Crippen LogP contribution in [-0.2, 0) is 16.5 Å². The molecule has 0 atom stereocenters. The molecule has 20 heavy (non-hydrogen) atoms. The summed E-state index contributed by atoms with van der Waals surface area (Å²) >= 11 is 0. The Labute approximate surface area is 117 Å². The molecule has 1 aromatic rings. The van der Waals surface area contributed by atoms with E-state index < -0.39 is 17.7 Å². The molecule has 0 bridgehead atoms. The van der Waals surface area contributed by atoms with Crippen molar-refractivity contribution in [2.75, 3.05) is 11.9 Å². The lowest BCUT2D eigenvalue weighted by Crippen LogP contribution is -2.27. The van der Waals surface area contributed by atoms with Gasteiger partial charge in [0, 0.05) is 13.2 Å². The molecule has 0 aliphatic carbocycles. The van der Waals surface area contributed by atoms with Gasteiger partial charge in [-0.15, -0.1) is 0 Å². The van der Waals surface area contributed by atoms with Crippen molar-refractivity contribution >= 4 is 17.7 Å². The summed E-state index contributed by atoms with van der Waals surface area (Å²) in [5.41, 5.74) is -0.596. The average Bonchev–Trinajstić information content (AvgIpc) is 2.51. The van der Waals surface area contributed by atoms with Gasteiger partial charge in [0.1, 0.15) is 11.3 Å². The number of esters is 1. The fourth-order valence-electron chi connectivity index (χ4n) is 1.56. The van der Waals surface area contributed by atoms with Crippen LogP contribution in [0, 0.1) is 0 Å². The van der Waals surface area contributed by atoms with E-state index in [9.17, 15) is 14.7 Å². The maximum Gasteiger partial charge on any atom is 0.412 e. The summed E-state index contributed by atoms with van der Waals surface area (Å²) in [6.07, 6.45) is 0.694. The topological polar surface area (TPSA) is 89.8 Å². The number of nitrogens with one attached hydrogen (secondary N) is 1. The summed E-state index contributed by atoms with van der Waals surface area (Å²) in [7, 11) is 1.56. The van der Waals surface area contributed by atoms with E-state index in [1.165, 1.54) is 10.8 Å². The Morgan fingerprint density at radius 2 is 2.00 bits per heavy atom. The summed E-state index contributed by atoms with van der Waals surface area (Å²) in [5, 5.41) is 12.3. The lowest BCUT2D eigenvalue weighted by Gasteiger charge is -2.19. The Kier molecular flexibility index (Phi) is 4.65. The van der Waals surface area contributed by atoms with Gasteiger partial charge in [-0.25, -0.2) is 9.59 Å². The lowest BCUT2D eigenvalue weighted by molar-refractivity contribution is 0.0510. The predicted octanol–water partition coefficient (Wildman–Crippen LogP) is 2.25. The Morgan fingerprint density at radius 3 is 2.50 bits per heavy atom. The quantitative estimate of drug-likeness (QED) is 0.831. The molecule has 0 unspecified atom stereocenters. The molecule has 0 aromatic carbocycles. The van der Waals surface area contributed by atoms with E-state index in [0.717, 1.165) is 0 Å². The molecule has 0 saturated carbocycles. The number of nitrogens with zero attached hydrogens (tertiary/aromatic N) is 1. The summed E-state index contributed by atoms with van der Waals surface area (Å²) in [6, 6.07) is 0. The van der Waals surface area contributed by atoms with Gasteiger partial charge in [-0.1, -0.05) is 0 Å². The van der Waals surface area contributed by atoms with E-state index in [1.54, 1.807) is 34.7 Å². The fraction of sp³-hybridized carbons (Fsp3) is 0.538. The van der Waals surface area contributed by atoms with Crippen LogP contribution in [0.25, 0.3) is 0 Å². The number of aryl methyl sites for hydroxylation is 1. The minimum atomic E-state index is -0.714. The van der Waals surface area contributed by atoms with Crippen LogP contribution in [0.3, 0.4) is 0 Å². The summed E-state index contributed by atoms with van der Waals surface area (Å²) in [6.45, 7) is 7.03. The van der Waals surface area contributed by atoms with Crippen LogP contribution in [0.4, 0.5) is 10.5 Å². The highest BCUT2D eigenvalue weighted by Gasteiger charge is 2.24. The standard InChI is InChI=1S/C13H20N2O5/c1-6-19-11(17)9-10(16)8(7-15(9)5)14-12(18)20-13(2,3)4/h7,16H,6H2,1-5H3,(H,14,18). The fourth-order valence-corrected chi connectivity index (χ4v) is 1.56. The van der Waals surface area contributed by atoms with Gasteiger partial charge in [0.05, 0.1) is 6.61 Å². The number of carbonyl (C=O) groups is 2. The van der Waals surface area contributed by atoms with Crippen molar-refractivity contribution in [2.45, 2.75) is 33.3 Å². The Bertz CT molecular complexity index is 514.